The van der Waals surface area contributed by atoms with Gasteiger partial charge in [0.15, 0.2) is 0 Å². The lowest BCUT2D eigenvalue weighted by atomic mass is 10.1. The third kappa shape index (κ3) is 4.99. The third-order valence-electron chi connectivity index (χ3n) is 4.03. The normalized spacial score (nSPS) is 16.2. The fourth-order valence-corrected chi connectivity index (χ4v) is 2.79. The molecule has 0 bridgehead atoms. The van der Waals surface area contributed by atoms with Gasteiger partial charge in [0, 0.05) is 37.1 Å². The molecule has 1 saturated heterocycles. The molecule has 7 heteroatoms. The molecular formula is C17H27N3O4. The van der Waals surface area contributed by atoms with Crippen LogP contribution in [0.3, 0.4) is 0 Å². The van der Waals surface area contributed by atoms with Gasteiger partial charge in [0.05, 0.1) is 5.56 Å². The van der Waals surface area contributed by atoms with Crippen LogP contribution in [-0.2, 0) is 11.3 Å². The fourth-order valence-electron chi connectivity index (χ4n) is 2.79. The monoisotopic (exact) mass is 337 g/mol. The van der Waals surface area contributed by atoms with Crippen LogP contribution in [0.2, 0.25) is 0 Å². The zero-order valence-electron chi connectivity index (χ0n) is 14.8. The largest absolute Gasteiger partial charge is 0.478 e. The summed E-state index contributed by atoms with van der Waals surface area (Å²) in [7, 11) is 0. The number of piperidine rings is 1. The second-order valence-electron chi connectivity index (χ2n) is 7.26. The predicted octanol–water partition coefficient (Wildman–Crippen LogP) is 2.51. The van der Waals surface area contributed by atoms with Crippen molar-refractivity contribution in [2.24, 2.45) is 0 Å². The summed E-state index contributed by atoms with van der Waals surface area (Å²) < 4.78 is 5.39. The van der Waals surface area contributed by atoms with E-state index in [0.717, 1.165) is 18.5 Å². The highest BCUT2D eigenvalue weighted by atomic mass is 16.6. The van der Waals surface area contributed by atoms with Crippen LogP contribution in [0.15, 0.2) is 6.07 Å². The number of rotatable bonds is 4. The lowest BCUT2D eigenvalue weighted by molar-refractivity contribution is 0.0197. The zero-order valence-corrected chi connectivity index (χ0v) is 14.8. The van der Waals surface area contributed by atoms with Gasteiger partial charge in [-0.3, -0.25) is 0 Å². The number of amides is 1. The van der Waals surface area contributed by atoms with Crippen molar-refractivity contribution < 1.29 is 19.4 Å². The van der Waals surface area contributed by atoms with Crippen LogP contribution in [0.4, 0.5) is 4.79 Å². The highest BCUT2D eigenvalue weighted by Crippen LogP contribution is 2.16. The summed E-state index contributed by atoms with van der Waals surface area (Å²) in [5.41, 5.74) is 1.37. The number of aromatic nitrogens is 1. The molecule has 0 saturated carbocycles. The van der Waals surface area contributed by atoms with Crippen LogP contribution >= 0.6 is 0 Å². The van der Waals surface area contributed by atoms with E-state index in [9.17, 15) is 9.59 Å². The Labute approximate surface area is 142 Å². The second-order valence-corrected chi connectivity index (χ2v) is 7.26. The van der Waals surface area contributed by atoms with Crippen LogP contribution in [0.25, 0.3) is 0 Å². The van der Waals surface area contributed by atoms with Crippen molar-refractivity contribution in [3.63, 3.8) is 0 Å². The summed E-state index contributed by atoms with van der Waals surface area (Å²) >= 11 is 0. The minimum atomic E-state index is -0.916. The van der Waals surface area contributed by atoms with Gasteiger partial charge in [-0.1, -0.05) is 0 Å². The molecule has 3 N–H and O–H groups in total. The molecule has 7 nitrogen and oxygen atoms in total. The summed E-state index contributed by atoms with van der Waals surface area (Å²) in [5.74, 6) is -0.916. The minimum absolute atomic E-state index is 0.257. The molecule has 0 unspecified atom stereocenters. The first-order valence-electron chi connectivity index (χ1n) is 8.29. The summed E-state index contributed by atoms with van der Waals surface area (Å²) in [6, 6.07) is 1.97. The van der Waals surface area contributed by atoms with Gasteiger partial charge in [-0.15, -0.1) is 0 Å². The molecule has 134 valence electrons. The molecule has 0 aromatic carbocycles. The number of carboxylic acids is 1. The number of ether oxygens (including phenoxy) is 1. The first-order valence-corrected chi connectivity index (χ1v) is 8.29. The van der Waals surface area contributed by atoms with Crippen molar-refractivity contribution in [3.05, 3.63) is 23.0 Å². The quantitative estimate of drug-likeness (QED) is 0.785. The number of aromatic amines is 1. The maximum absolute atomic E-state index is 12.0. The number of nitrogens with one attached hydrogen (secondary N) is 2. The molecule has 2 rings (SSSR count). The van der Waals surface area contributed by atoms with Crippen LogP contribution in [0.1, 0.15) is 55.4 Å². The maximum atomic E-state index is 12.0. The average molecular weight is 337 g/mol. The number of carboxylic acid groups (broad SMARTS) is 1. The van der Waals surface area contributed by atoms with Crippen molar-refractivity contribution in [2.75, 3.05) is 13.1 Å². The number of hydrogen-bond acceptors (Lipinski definition) is 4. The summed E-state index contributed by atoms with van der Waals surface area (Å²) in [6.07, 6.45) is 1.45. The molecule has 0 aliphatic carbocycles. The number of likely N-dealkylation sites (tertiary alicyclic amines) is 1. The van der Waals surface area contributed by atoms with E-state index in [1.807, 2.05) is 20.8 Å². The average Bonchev–Trinajstić information content (AvgIpc) is 2.85. The van der Waals surface area contributed by atoms with Gasteiger partial charge < -0.3 is 25.0 Å². The van der Waals surface area contributed by atoms with Crippen molar-refractivity contribution in [3.8, 4) is 0 Å². The van der Waals surface area contributed by atoms with E-state index in [4.69, 9.17) is 9.84 Å². The molecule has 1 aromatic rings. The predicted molar refractivity (Wildman–Crippen MR) is 90.2 cm³/mol. The van der Waals surface area contributed by atoms with E-state index in [-0.39, 0.29) is 6.09 Å². The Morgan fingerprint density at radius 3 is 2.50 bits per heavy atom. The van der Waals surface area contributed by atoms with E-state index in [2.05, 4.69) is 10.3 Å². The molecule has 1 amide bonds. The van der Waals surface area contributed by atoms with E-state index < -0.39 is 11.6 Å². The van der Waals surface area contributed by atoms with Gasteiger partial charge >= 0.3 is 12.1 Å². The molecule has 0 atom stereocenters. The van der Waals surface area contributed by atoms with Crippen molar-refractivity contribution in [1.29, 1.82) is 0 Å². The van der Waals surface area contributed by atoms with Crippen molar-refractivity contribution in [1.82, 2.24) is 15.2 Å². The van der Waals surface area contributed by atoms with Crippen molar-refractivity contribution >= 4 is 12.1 Å². The smallest absolute Gasteiger partial charge is 0.410 e. The highest BCUT2D eigenvalue weighted by molar-refractivity contribution is 5.89. The Kier molecular flexibility index (Phi) is 5.54. The Hall–Kier alpha value is -2.02. The SMILES string of the molecule is Cc1[nH]c(CNC2CCN(C(=O)OC(C)(C)C)CC2)cc1C(=O)O. The lowest BCUT2D eigenvalue weighted by Gasteiger charge is -2.33. The number of carbonyl (C=O) groups excluding carboxylic acids is 1. The van der Waals surface area contributed by atoms with Gasteiger partial charge in [-0.25, -0.2) is 9.59 Å². The molecular weight excluding hydrogens is 310 g/mol. The number of H-pyrrole nitrogens is 1. The van der Waals surface area contributed by atoms with Gasteiger partial charge in [-0.2, -0.15) is 0 Å². The van der Waals surface area contributed by atoms with E-state index in [1.165, 1.54) is 0 Å². The van der Waals surface area contributed by atoms with Gasteiger partial charge in [0.25, 0.3) is 0 Å². The van der Waals surface area contributed by atoms with Gasteiger partial charge in [0.2, 0.25) is 0 Å². The third-order valence-corrected chi connectivity index (χ3v) is 4.03. The Morgan fingerprint density at radius 2 is 2.00 bits per heavy atom. The molecule has 1 aliphatic heterocycles. The molecule has 0 spiro atoms. The number of aromatic carboxylic acids is 1. The van der Waals surface area contributed by atoms with Gasteiger partial charge in [-0.05, 0) is 46.6 Å². The second kappa shape index (κ2) is 7.25. The summed E-state index contributed by atoms with van der Waals surface area (Å²) in [4.78, 5) is 27.9. The number of hydrogen-bond donors (Lipinski definition) is 3. The summed E-state index contributed by atoms with van der Waals surface area (Å²) in [5, 5.41) is 12.5. The number of aryl methyl sites for hydroxylation is 1. The molecule has 2 heterocycles. The minimum Gasteiger partial charge on any atom is -0.478 e. The Morgan fingerprint density at radius 1 is 1.38 bits per heavy atom. The molecule has 1 aromatic heterocycles. The van der Waals surface area contributed by atoms with Gasteiger partial charge in [0.1, 0.15) is 5.60 Å². The first kappa shape index (κ1) is 18.3. The fraction of sp³-hybridized carbons (Fsp3) is 0.647. The highest BCUT2D eigenvalue weighted by Gasteiger charge is 2.26. The van der Waals surface area contributed by atoms with Crippen LogP contribution in [0, 0.1) is 6.92 Å². The molecule has 0 radical (unpaired) electrons. The van der Waals surface area contributed by atoms with Crippen LogP contribution in [-0.4, -0.2) is 51.8 Å². The standard InChI is InChI=1S/C17H27N3O4/c1-11-14(15(21)22)9-13(19-11)10-18-12-5-7-20(8-6-12)16(23)24-17(2,3)4/h9,12,18-19H,5-8,10H2,1-4H3,(H,21,22). The van der Waals surface area contributed by atoms with Crippen molar-refractivity contribution in [2.45, 2.75) is 58.7 Å². The maximum Gasteiger partial charge on any atom is 0.410 e. The molecule has 1 aliphatic rings. The van der Waals surface area contributed by atoms with E-state index in [0.29, 0.717) is 36.9 Å². The topological polar surface area (TPSA) is 94.7 Å². The Balaban J connectivity index is 1.78. The zero-order chi connectivity index (χ0) is 17.9. The van der Waals surface area contributed by atoms with Crippen LogP contribution in [0.5, 0.6) is 0 Å². The first-order chi connectivity index (χ1) is 11.2. The summed E-state index contributed by atoms with van der Waals surface area (Å²) in [6.45, 7) is 9.26. The number of carbonyl (C=O) groups is 2. The number of nitrogens with zero attached hydrogens (tertiary/aromatic N) is 1. The van der Waals surface area contributed by atoms with Crippen LogP contribution < -0.4 is 5.32 Å². The Bertz CT molecular complexity index is 595. The molecule has 1 fully saturated rings. The molecule has 24 heavy (non-hydrogen) atoms. The van der Waals surface area contributed by atoms with E-state index in [1.54, 1.807) is 17.9 Å². The lowest BCUT2D eigenvalue weighted by Crippen LogP contribution is -2.46. The van der Waals surface area contributed by atoms with E-state index >= 15 is 0 Å².